The molecule has 1 N–H and O–H groups in total. The molecule has 2 aromatic carbocycles. The quantitative estimate of drug-likeness (QED) is 0.398. The molecule has 0 fully saturated rings. The summed E-state index contributed by atoms with van der Waals surface area (Å²) in [6, 6.07) is 9.11. The van der Waals surface area contributed by atoms with Crippen LogP contribution in [0.4, 0.5) is 11.4 Å². The van der Waals surface area contributed by atoms with Gasteiger partial charge in [-0.2, -0.15) is 5.10 Å². The number of nitro benzene ring substituents is 1. The highest BCUT2D eigenvalue weighted by Gasteiger charge is 2.20. The summed E-state index contributed by atoms with van der Waals surface area (Å²) in [5, 5.41) is 19.3. The van der Waals surface area contributed by atoms with Gasteiger partial charge in [-0.3, -0.25) is 19.6 Å². The van der Waals surface area contributed by atoms with Gasteiger partial charge in [-0.05, 0) is 38.1 Å². The summed E-state index contributed by atoms with van der Waals surface area (Å²) in [5.74, 6) is -0.508. The number of hydrogen-bond donors (Lipinski definition) is 1. The summed E-state index contributed by atoms with van der Waals surface area (Å²) in [7, 11) is 0. The van der Waals surface area contributed by atoms with Crippen LogP contribution in [-0.4, -0.2) is 20.6 Å². The third-order valence-corrected chi connectivity index (χ3v) is 5.42. The molecule has 29 heavy (non-hydrogen) atoms. The molecule has 0 spiro atoms. The molecular weight excluding hydrogens is 439 g/mol. The van der Waals surface area contributed by atoms with Crippen LogP contribution < -0.4 is 5.32 Å². The van der Waals surface area contributed by atoms with Crippen LogP contribution in [0.25, 0.3) is 0 Å². The van der Waals surface area contributed by atoms with Gasteiger partial charge >= 0.3 is 0 Å². The van der Waals surface area contributed by atoms with Gasteiger partial charge in [0.1, 0.15) is 5.02 Å². The van der Waals surface area contributed by atoms with Gasteiger partial charge in [-0.15, -0.1) is 0 Å². The normalized spacial score (nSPS) is 10.8. The number of hydrogen-bond acceptors (Lipinski definition) is 4. The molecule has 0 saturated carbocycles. The Morgan fingerprint density at radius 1 is 1.14 bits per heavy atom. The minimum atomic E-state index is -0.638. The highest BCUT2D eigenvalue weighted by atomic mass is 35.5. The standard InChI is InChI=1S/C19H15Cl3N4O3/c1-10-18(23-19(27)12-6-7-16(22)17(8-12)26(28)29)11(2)25(24-10)9-13-14(20)4-3-5-15(13)21/h3-8H,9H2,1-2H3,(H,23,27). The minimum absolute atomic E-state index is 0.0386. The van der Waals surface area contributed by atoms with E-state index < -0.39 is 10.8 Å². The first-order valence-corrected chi connectivity index (χ1v) is 9.54. The number of nitrogens with one attached hydrogen (secondary N) is 1. The molecule has 0 aliphatic heterocycles. The lowest BCUT2D eigenvalue weighted by atomic mass is 10.1. The first-order valence-electron chi connectivity index (χ1n) is 8.41. The van der Waals surface area contributed by atoms with Crippen molar-refractivity contribution in [1.29, 1.82) is 0 Å². The molecule has 3 aromatic rings. The van der Waals surface area contributed by atoms with E-state index >= 15 is 0 Å². The fraction of sp³-hybridized carbons (Fsp3) is 0.158. The summed E-state index contributed by atoms with van der Waals surface area (Å²) in [6.45, 7) is 3.87. The van der Waals surface area contributed by atoms with Gasteiger partial charge in [0.25, 0.3) is 11.6 Å². The van der Waals surface area contributed by atoms with Crippen LogP contribution >= 0.6 is 34.8 Å². The molecule has 0 bridgehead atoms. The number of anilines is 1. The lowest BCUT2D eigenvalue weighted by Crippen LogP contribution is -2.14. The van der Waals surface area contributed by atoms with E-state index in [1.165, 1.54) is 12.1 Å². The van der Waals surface area contributed by atoms with E-state index in [1.807, 2.05) is 0 Å². The predicted molar refractivity (Wildman–Crippen MR) is 113 cm³/mol. The number of aromatic nitrogens is 2. The molecule has 0 saturated heterocycles. The first kappa shape index (κ1) is 21.1. The number of aryl methyl sites for hydroxylation is 1. The molecule has 0 atom stereocenters. The second kappa shape index (κ2) is 8.41. The molecule has 0 radical (unpaired) electrons. The van der Waals surface area contributed by atoms with Crippen molar-refractivity contribution in [1.82, 2.24) is 9.78 Å². The second-order valence-corrected chi connectivity index (χ2v) is 7.50. The van der Waals surface area contributed by atoms with Gasteiger partial charge in [0.2, 0.25) is 0 Å². The number of carbonyl (C=O) groups excluding carboxylic acids is 1. The zero-order valence-corrected chi connectivity index (χ0v) is 17.6. The summed E-state index contributed by atoms with van der Waals surface area (Å²) in [4.78, 5) is 23.0. The van der Waals surface area contributed by atoms with Crippen molar-refractivity contribution in [3.05, 3.63) is 84.1 Å². The van der Waals surface area contributed by atoms with Crippen LogP contribution in [0.5, 0.6) is 0 Å². The third kappa shape index (κ3) is 4.37. The number of carbonyl (C=O) groups is 1. The summed E-state index contributed by atoms with van der Waals surface area (Å²) >= 11 is 18.3. The first-order chi connectivity index (χ1) is 13.7. The number of rotatable bonds is 5. The van der Waals surface area contributed by atoms with Gasteiger partial charge in [0, 0.05) is 27.2 Å². The Labute approximate surface area is 181 Å². The van der Waals surface area contributed by atoms with Crippen molar-refractivity contribution in [2.24, 2.45) is 0 Å². The van der Waals surface area contributed by atoms with Crippen LogP contribution in [-0.2, 0) is 6.54 Å². The van der Waals surface area contributed by atoms with Crippen LogP contribution in [0.15, 0.2) is 36.4 Å². The highest BCUT2D eigenvalue weighted by Crippen LogP contribution is 2.29. The van der Waals surface area contributed by atoms with Crippen molar-refractivity contribution >= 4 is 52.1 Å². The molecular formula is C19H15Cl3N4O3. The fourth-order valence-corrected chi connectivity index (χ4v) is 3.55. The Morgan fingerprint density at radius 2 is 1.79 bits per heavy atom. The van der Waals surface area contributed by atoms with Gasteiger partial charge in [-0.25, -0.2) is 0 Å². The van der Waals surface area contributed by atoms with E-state index in [4.69, 9.17) is 34.8 Å². The molecule has 0 aliphatic carbocycles. The zero-order valence-electron chi connectivity index (χ0n) is 15.4. The maximum Gasteiger partial charge on any atom is 0.288 e. The van der Waals surface area contributed by atoms with Crippen molar-refractivity contribution in [3.63, 3.8) is 0 Å². The van der Waals surface area contributed by atoms with Crippen LogP contribution in [0.1, 0.15) is 27.3 Å². The fourth-order valence-electron chi connectivity index (χ4n) is 2.84. The maximum atomic E-state index is 12.6. The number of nitro groups is 1. The third-order valence-electron chi connectivity index (χ3n) is 4.39. The van der Waals surface area contributed by atoms with Crippen molar-refractivity contribution in [3.8, 4) is 0 Å². The molecule has 0 unspecified atom stereocenters. The minimum Gasteiger partial charge on any atom is -0.319 e. The van der Waals surface area contributed by atoms with Gasteiger partial charge in [-0.1, -0.05) is 40.9 Å². The largest absolute Gasteiger partial charge is 0.319 e. The SMILES string of the molecule is Cc1nn(Cc2c(Cl)cccc2Cl)c(C)c1NC(=O)c1ccc(Cl)c([N+](=O)[O-])c1. The Balaban J connectivity index is 1.88. The van der Waals surface area contributed by atoms with E-state index in [2.05, 4.69) is 10.4 Å². The van der Waals surface area contributed by atoms with Crippen LogP contribution in [0, 0.1) is 24.0 Å². The molecule has 3 rings (SSSR count). The number of benzene rings is 2. The molecule has 7 nitrogen and oxygen atoms in total. The highest BCUT2D eigenvalue weighted by molar-refractivity contribution is 6.36. The molecule has 0 aliphatic rings. The zero-order chi connectivity index (χ0) is 21.3. The number of halogens is 3. The van der Waals surface area contributed by atoms with E-state index in [0.717, 1.165) is 6.07 Å². The van der Waals surface area contributed by atoms with Crippen molar-refractivity contribution in [2.75, 3.05) is 5.32 Å². The van der Waals surface area contributed by atoms with Crippen LogP contribution in [0.2, 0.25) is 15.1 Å². The summed E-state index contributed by atoms with van der Waals surface area (Å²) in [6.07, 6.45) is 0. The van der Waals surface area contributed by atoms with E-state index in [0.29, 0.717) is 39.2 Å². The van der Waals surface area contributed by atoms with E-state index in [-0.39, 0.29) is 16.3 Å². The van der Waals surface area contributed by atoms with E-state index in [1.54, 1.807) is 36.7 Å². The van der Waals surface area contributed by atoms with E-state index in [9.17, 15) is 14.9 Å². The average molecular weight is 454 g/mol. The topological polar surface area (TPSA) is 90.1 Å². The smallest absolute Gasteiger partial charge is 0.288 e. The Kier molecular flexibility index (Phi) is 6.12. The van der Waals surface area contributed by atoms with Gasteiger partial charge in [0.15, 0.2) is 0 Å². The van der Waals surface area contributed by atoms with Gasteiger partial charge < -0.3 is 5.32 Å². The Bertz CT molecular complexity index is 1110. The average Bonchev–Trinajstić information content (AvgIpc) is 2.92. The molecule has 150 valence electrons. The van der Waals surface area contributed by atoms with Crippen molar-refractivity contribution < 1.29 is 9.72 Å². The lowest BCUT2D eigenvalue weighted by molar-refractivity contribution is -0.384. The summed E-state index contributed by atoms with van der Waals surface area (Å²) < 4.78 is 1.68. The second-order valence-electron chi connectivity index (χ2n) is 6.28. The molecule has 1 amide bonds. The monoisotopic (exact) mass is 452 g/mol. The molecule has 1 aromatic heterocycles. The Hall–Kier alpha value is -2.61. The number of nitrogens with zero attached hydrogens (tertiary/aromatic N) is 3. The molecule has 10 heteroatoms. The summed E-state index contributed by atoms with van der Waals surface area (Å²) in [5.41, 5.74) is 2.28. The van der Waals surface area contributed by atoms with Crippen LogP contribution in [0.3, 0.4) is 0 Å². The van der Waals surface area contributed by atoms with Gasteiger partial charge in [0.05, 0.1) is 28.5 Å². The lowest BCUT2D eigenvalue weighted by Gasteiger charge is -2.10. The van der Waals surface area contributed by atoms with Crippen molar-refractivity contribution in [2.45, 2.75) is 20.4 Å². The molecule has 1 heterocycles. The maximum absolute atomic E-state index is 12.6. The number of amides is 1. The predicted octanol–water partition coefficient (Wildman–Crippen LogP) is 5.67. The Morgan fingerprint density at radius 3 is 2.41 bits per heavy atom.